The molecule has 0 aromatic heterocycles. The van der Waals surface area contributed by atoms with Crippen molar-refractivity contribution in [2.45, 2.75) is 6.92 Å². The third kappa shape index (κ3) is 2.55. The number of nitrogens with one attached hydrogen (secondary N) is 1. The van der Waals surface area contributed by atoms with Crippen molar-refractivity contribution in [2.24, 2.45) is 0 Å². The predicted molar refractivity (Wildman–Crippen MR) is 60.4 cm³/mol. The average Bonchev–Trinajstić information content (AvgIpc) is 2.69. The zero-order valence-electron chi connectivity index (χ0n) is 9.49. The number of hydrogen-bond acceptors (Lipinski definition) is 4. The second-order valence-electron chi connectivity index (χ2n) is 3.61. The summed E-state index contributed by atoms with van der Waals surface area (Å²) >= 11 is 0. The van der Waals surface area contributed by atoms with Crippen LogP contribution in [0.25, 0.3) is 0 Å². The van der Waals surface area contributed by atoms with Gasteiger partial charge in [-0.1, -0.05) is 0 Å². The zero-order valence-corrected chi connectivity index (χ0v) is 9.49. The van der Waals surface area contributed by atoms with Crippen molar-refractivity contribution in [3.63, 3.8) is 0 Å². The van der Waals surface area contributed by atoms with E-state index in [-0.39, 0.29) is 24.9 Å². The third-order valence-electron chi connectivity index (χ3n) is 2.36. The molecule has 1 heterocycles. The Morgan fingerprint density at radius 1 is 1.53 bits per heavy atom. The van der Waals surface area contributed by atoms with Crippen LogP contribution < -0.4 is 14.8 Å². The number of fused-ring (bicyclic) bond motifs is 1. The summed E-state index contributed by atoms with van der Waals surface area (Å²) in [4.78, 5) is 22.5. The highest BCUT2D eigenvalue weighted by Gasteiger charge is 2.21. The Labute approximate surface area is 98.7 Å². The maximum absolute atomic E-state index is 11.3. The number of hydrogen-bond donors (Lipinski definition) is 1. The summed E-state index contributed by atoms with van der Waals surface area (Å²) in [5.74, 6) is 0.827. The van der Waals surface area contributed by atoms with Crippen LogP contribution in [0.3, 0.4) is 0 Å². The van der Waals surface area contributed by atoms with Crippen molar-refractivity contribution >= 4 is 11.7 Å². The van der Waals surface area contributed by atoms with Crippen molar-refractivity contribution < 1.29 is 19.1 Å². The number of ketones is 1. The van der Waals surface area contributed by atoms with Crippen LogP contribution in [0, 0.1) is 0 Å². The molecule has 17 heavy (non-hydrogen) atoms. The van der Waals surface area contributed by atoms with Gasteiger partial charge in [-0.2, -0.15) is 0 Å². The zero-order chi connectivity index (χ0) is 12.3. The first kappa shape index (κ1) is 11.4. The molecule has 0 saturated carbocycles. The van der Waals surface area contributed by atoms with Crippen molar-refractivity contribution in [2.75, 3.05) is 19.8 Å². The van der Waals surface area contributed by atoms with Crippen LogP contribution in [0.4, 0.5) is 0 Å². The van der Waals surface area contributed by atoms with Crippen LogP contribution >= 0.6 is 0 Å². The molecule has 0 unspecified atom stereocenters. The molecular weight excluding hydrogens is 222 g/mol. The van der Waals surface area contributed by atoms with Crippen LogP contribution in [-0.4, -0.2) is 31.4 Å². The third-order valence-corrected chi connectivity index (χ3v) is 2.36. The first-order valence-corrected chi connectivity index (χ1v) is 5.40. The van der Waals surface area contributed by atoms with E-state index in [1.54, 1.807) is 18.2 Å². The molecule has 0 bridgehead atoms. The van der Waals surface area contributed by atoms with Gasteiger partial charge in [-0.25, -0.2) is 0 Å². The topological polar surface area (TPSA) is 64.6 Å². The number of ether oxygens (including phenoxy) is 2. The van der Waals surface area contributed by atoms with Gasteiger partial charge in [0.1, 0.15) is 11.5 Å². The number of amides is 1. The van der Waals surface area contributed by atoms with Gasteiger partial charge in [0.05, 0.1) is 5.56 Å². The highest BCUT2D eigenvalue weighted by molar-refractivity contribution is 6.02. The van der Waals surface area contributed by atoms with E-state index in [0.29, 0.717) is 23.6 Å². The van der Waals surface area contributed by atoms with E-state index in [2.05, 4.69) is 5.32 Å². The SMILES string of the molecule is CCNC(=O)COc1ccc2c(c1)OCC2=O. The molecule has 5 nitrogen and oxygen atoms in total. The van der Waals surface area contributed by atoms with Crippen LogP contribution in [0.15, 0.2) is 18.2 Å². The van der Waals surface area contributed by atoms with Gasteiger partial charge < -0.3 is 14.8 Å². The molecule has 1 amide bonds. The summed E-state index contributed by atoms with van der Waals surface area (Å²) < 4.78 is 10.5. The molecule has 0 saturated heterocycles. The van der Waals surface area contributed by atoms with E-state index >= 15 is 0 Å². The van der Waals surface area contributed by atoms with Crippen LogP contribution in [0.5, 0.6) is 11.5 Å². The summed E-state index contributed by atoms with van der Waals surface area (Å²) in [6, 6.07) is 4.93. The molecule has 5 heteroatoms. The minimum atomic E-state index is -0.176. The van der Waals surface area contributed by atoms with Gasteiger partial charge in [-0.3, -0.25) is 9.59 Å². The Bertz CT molecular complexity index is 456. The second-order valence-corrected chi connectivity index (χ2v) is 3.61. The largest absolute Gasteiger partial charge is 0.485 e. The lowest BCUT2D eigenvalue weighted by molar-refractivity contribution is -0.122. The van der Waals surface area contributed by atoms with Gasteiger partial charge in [-0.05, 0) is 19.1 Å². The standard InChI is InChI=1S/C12H13NO4/c1-2-13-12(15)7-16-8-3-4-9-10(14)6-17-11(9)5-8/h3-5H,2,6-7H2,1H3,(H,13,15). The Morgan fingerprint density at radius 3 is 3.12 bits per heavy atom. The number of rotatable bonds is 4. The van der Waals surface area contributed by atoms with E-state index < -0.39 is 0 Å². The second kappa shape index (κ2) is 4.86. The minimum absolute atomic E-state index is 0.0322. The molecule has 1 aliphatic rings. The van der Waals surface area contributed by atoms with Gasteiger partial charge in [-0.15, -0.1) is 0 Å². The van der Waals surface area contributed by atoms with Crippen molar-refractivity contribution in [3.8, 4) is 11.5 Å². The van der Waals surface area contributed by atoms with Gasteiger partial charge in [0.2, 0.25) is 5.78 Å². The van der Waals surface area contributed by atoms with Crippen molar-refractivity contribution in [1.82, 2.24) is 5.32 Å². The molecular formula is C12H13NO4. The highest BCUT2D eigenvalue weighted by atomic mass is 16.5. The summed E-state index contributed by atoms with van der Waals surface area (Å²) in [6.07, 6.45) is 0. The lowest BCUT2D eigenvalue weighted by Crippen LogP contribution is -2.28. The van der Waals surface area contributed by atoms with Gasteiger partial charge in [0.15, 0.2) is 13.2 Å². The maximum atomic E-state index is 11.3. The number of benzene rings is 1. The first-order chi connectivity index (χ1) is 8.20. The highest BCUT2D eigenvalue weighted by Crippen LogP contribution is 2.29. The fourth-order valence-electron chi connectivity index (χ4n) is 1.56. The Hall–Kier alpha value is -2.04. The molecule has 1 aliphatic heterocycles. The molecule has 1 aromatic carbocycles. The van der Waals surface area contributed by atoms with Crippen molar-refractivity contribution in [3.05, 3.63) is 23.8 Å². The maximum Gasteiger partial charge on any atom is 0.257 e. The van der Waals surface area contributed by atoms with E-state index in [9.17, 15) is 9.59 Å². The lowest BCUT2D eigenvalue weighted by Gasteiger charge is -2.07. The number of likely N-dealkylation sites (N-methyl/N-ethyl adjacent to an activating group) is 1. The molecule has 0 fully saturated rings. The molecule has 0 aliphatic carbocycles. The Morgan fingerprint density at radius 2 is 2.35 bits per heavy atom. The molecule has 2 rings (SSSR count). The van der Waals surface area contributed by atoms with Crippen LogP contribution in [0.1, 0.15) is 17.3 Å². The molecule has 0 atom stereocenters. The van der Waals surface area contributed by atoms with Gasteiger partial charge in [0, 0.05) is 12.6 Å². The van der Waals surface area contributed by atoms with Crippen LogP contribution in [-0.2, 0) is 4.79 Å². The number of Topliss-reactive ketones (excluding diaryl/α,β-unsaturated/α-hetero) is 1. The van der Waals surface area contributed by atoms with Gasteiger partial charge >= 0.3 is 0 Å². The molecule has 0 spiro atoms. The Kier molecular flexibility index (Phi) is 3.27. The predicted octanol–water partition coefficient (Wildman–Crippen LogP) is 0.777. The van der Waals surface area contributed by atoms with E-state index in [4.69, 9.17) is 9.47 Å². The average molecular weight is 235 g/mol. The number of carbonyl (C=O) groups excluding carboxylic acids is 2. The Balaban J connectivity index is 1.99. The number of carbonyl (C=O) groups is 2. The van der Waals surface area contributed by atoms with E-state index in [1.165, 1.54) is 0 Å². The molecule has 0 radical (unpaired) electrons. The molecule has 90 valence electrons. The quantitative estimate of drug-likeness (QED) is 0.837. The summed E-state index contributed by atoms with van der Waals surface area (Å²) in [5, 5.41) is 2.63. The molecule has 1 N–H and O–H groups in total. The smallest absolute Gasteiger partial charge is 0.257 e. The van der Waals surface area contributed by atoms with Gasteiger partial charge in [0.25, 0.3) is 5.91 Å². The minimum Gasteiger partial charge on any atom is -0.485 e. The fraction of sp³-hybridized carbons (Fsp3) is 0.333. The monoisotopic (exact) mass is 235 g/mol. The molecule has 1 aromatic rings. The first-order valence-electron chi connectivity index (χ1n) is 5.40. The summed E-state index contributed by atoms with van der Waals surface area (Å²) in [6.45, 7) is 2.45. The van der Waals surface area contributed by atoms with Crippen LogP contribution in [0.2, 0.25) is 0 Å². The lowest BCUT2D eigenvalue weighted by atomic mass is 10.1. The fourth-order valence-corrected chi connectivity index (χ4v) is 1.56. The summed E-state index contributed by atoms with van der Waals surface area (Å²) in [7, 11) is 0. The van der Waals surface area contributed by atoms with Crippen molar-refractivity contribution in [1.29, 1.82) is 0 Å². The van der Waals surface area contributed by atoms with E-state index in [0.717, 1.165) is 0 Å². The normalized spacial score (nSPS) is 12.9. The van der Waals surface area contributed by atoms with E-state index in [1.807, 2.05) is 6.92 Å². The summed E-state index contributed by atoms with van der Waals surface area (Å²) in [5.41, 5.74) is 0.565.